The van der Waals surface area contributed by atoms with Gasteiger partial charge in [-0.05, 0) is 50.4 Å². The normalized spacial score (nSPS) is 16.2. The van der Waals surface area contributed by atoms with Crippen molar-refractivity contribution in [3.63, 3.8) is 0 Å². The minimum absolute atomic E-state index is 0.0263. The van der Waals surface area contributed by atoms with E-state index in [4.69, 9.17) is 5.73 Å². The molecule has 4 rings (SSSR count). The van der Waals surface area contributed by atoms with Crippen molar-refractivity contribution in [2.24, 2.45) is 5.73 Å². The van der Waals surface area contributed by atoms with Crippen LogP contribution in [0.25, 0.3) is 11.1 Å². The van der Waals surface area contributed by atoms with Gasteiger partial charge in [-0.15, -0.1) is 0 Å². The zero-order valence-corrected chi connectivity index (χ0v) is 21.2. The van der Waals surface area contributed by atoms with Gasteiger partial charge in [0.05, 0.1) is 28.1 Å². The number of primary amides is 1. The number of benzene rings is 3. The van der Waals surface area contributed by atoms with Crippen LogP contribution in [0.3, 0.4) is 0 Å². The van der Waals surface area contributed by atoms with Crippen molar-refractivity contribution in [2.45, 2.75) is 19.1 Å². The van der Waals surface area contributed by atoms with E-state index in [9.17, 15) is 35.9 Å². The maximum Gasteiger partial charge on any atom is 0.417 e. The van der Waals surface area contributed by atoms with Crippen LogP contribution in [-0.4, -0.2) is 49.4 Å². The molecule has 0 spiro atoms. The molecule has 1 aliphatic rings. The number of likely N-dealkylation sites (N-methyl/N-ethyl adjacent to an activating group) is 1. The fraction of sp³-hybridized carbons (Fsp3) is 0.259. The smallest absolute Gasteiger partial charge is 0.367 e. The van der Waals surface area contributed by atoms with E-state index >= 15 is 4.39 Å². The van der Waals surface area contributed by atoms with Crippen molar-refractivity contribution in [3.05, 3.63) is 82.4 Å². The van der Waals surface area contributed by atoms with Crippen LogP contribution in [0.15, 0.2) is 42.5 Å². The highest BCUT2D eigenvalue weighted by Crippen LogP contribution is 2.38. The third-order valence-electron chi connectivity index (χ3n) is 6.78. The third-order valence-corrected chi connectivity index (χ3v) is 6.78. The zero-order valence-electron chi connectivity index (χ0n) is 21.2. The molecular formula is C27H23F7N4O2. The summed E-state index contributed by atoms with van der Waals surface area (Å²) in [6, 6.07) is 4.48. The average molecular weight is 568 g/mol. The van der Waals surface area contributed by atoms with Gasteiger partial charge in [0.25, 0.3) is 11.8 Å². The number of amides is 2. The standard InChI is InChI=1S/C27H23F7N4O2/c1-13-12-38(6-5-37(13)2)24-11-22(31)17(16-8-18(25(35)39)21(30)10-20(16)29)9-23(24)36-26(40)15-4-3-14(28)7-19(15)27(32,33)34/h3-4,7-11,13H,5-6,12H2,1-2H3,(H2,35,39)(H,36,40)/t13-/m0/s1. The second kappa shape index (κ2) is 10.8. The Labute approximate surface area is 224 Å². The van der Waals surface area contributed by atoms with Crippen molar-refractivity contribution in [2.75, 3.05) is 36.9 Å². The number of nitrogens with two attached hydrogens (primary N) is 1. The lowest BCUT2D eigenvalue weighted by molar-refractivity contribution is -0.138. The third kappa shape index (κ3) is 5.74. The predicted molar refractivity (Wildman–Crippen MR) is 134 cm³/mol. The van der Waals surface area contributed by atoms with Gasteiger partial charge in [0.15, 0.2) is 0 Å². The molecule has 3 N–H and O–H groups in total. The van der Waals surface area contributed by atoms with Crippen LogP contribution in [-0.2, 0) is 6.18 Å². The summed E-state index contributed by atoms with van der Waals surface area (Å²) >= 11 is 0. The summed E-state index contributed by atoms with van der Waals surface area (Å²) in [5.74, 6) is -7.29. The van der Waals surface area contributed by atoms with E-state index in [1.54, 1.807) is 4.90 Å². The molecule has 0 unspecified atom stereocenters. The summed E-state index contributed by atoms with van der Waals surface area (Å²) in [5.41, 5.74) is 0.784. The van der Waals surface area contributed by atoms with Crippen LogP contribution in [0, 0.1) is 23.3 Å². The van der Waals surface area contributed by atoms with Crippen molar-refractivity contribution >= 4 is 23.2 Å². The van der Waals surface area contributed by atoms with Crippen LogP contribution < -0.4 is 16.0 Å². The fourth-order valence-corrected chi connectivity index (χ4v) is 4.48. The van der Waals surface area contributed by atoms with E-state index in [-0.39, 0.29) is 23.5 Å². The van der Waals surface area contributed by atoms with Gasteiger partial charge in [-0.3, -0.25) is 9.59 Å². The monoisotopic (exact) mass is 568 g/mol. The van der Waals surface area contributed by atoms with Gasteiger partial charge < -0.3 is 20.9 Å². The molecule has 0 radical (unpaired) electrons. The van der Waals surface area contributed by atoms with E-state index in [0.717, 1.165) is 12.1 Å². The Kier molecular flexibility index (Phi) is 7.79. The highest BCUT2D eigenvalue weighted by atomic mass is 19.4. The number of piperazine rings is 1. The highest BCUT2D eigenvalue weighted by Gasteiger charge is 2.36. The number of carbonyl (C=O) groups is 2. The first-order chi connectivity index (χ1) is 18.7. The molecule has 1 saturated heterocycles. The number of hydrogen-bond acceptors (Lipinski definition) is 4. The second-order valence-corrected chi connectivity index (χ2v) is 9.44. The van der Waals surface area contributed by atoms with E-state index in [0.29, 0.717) is 43.9 Å². The van der Waals surface area contributed by atoms with Crippen molar-refractivity contribution in [1.29, 1.82) is 0 Å². The maximum absolute atomic E-state index is 15.5. The molecule has 6 nitrogen and oxygen atoms in total. The van der Waals surface area contributed by atoms with Gasteiger partial charge in [-0.2, -0.15) is 13.2 Å². The maximum atomic E-state index is 15.5. The molecule has 40 heavy (non-hydrogen) atoms. The van der Waals surface area contributed by atoms with Crippen molar-refractivity contribution < 1.29 is 40.3 Å². The molecule has 2 amide bonds. The van der Waals surface area contributed by atoms with Crippen LogP contribution in [0.1, 0.15) is 33.2 Å². The summed E-state index contributed by atoms with van der Waals surface area (Å²) in [6.45, 7) is 3.12. The zero-order chi connectivity index (χ0) is 29.5. The van der Waals surface area contributed by atoms with E-state index in [2.05, 4.69) is 5.32 Å². The lowest BCUT2D eigenvalue weighted by Crippen LogP contribution is -2.50. The number of halogens is 7. The van der Waals surface area contributed by atoms with Crippen LogP contribution >= 0.6 is 0 Å². The Morgan fingerprint density at radius 3 is 2.17 bits per heavy atom. The van der Waals surface area contributed by atoms with Crippen molar-refractivity contribution in [1.82, 2.24) is 4.90 Å². The molecule has 212 valence electrons. The molecule has 0 aliphatic carbocycles. The fourth-order valence-electron chi connectivity index (χ4n) is 4.48. The number of carbonyl (C=O) groups excluding carboxylic acids is 2. The predicted octanol–water partition coefficient (Wildman–Crippen LogP) is 5.42. The first kappa shape index (κ1) is 28.9. The molecule has 3 aromatic carbocycles. The van der Waals surface area contributed by atoms with Gasteiger partial charge in [0, 0.05) is 42.9 Å². The Morgan fingerprint density at radius 2 is 1.55 bits per heavy atom. The van der Waals surface area contributed by atoms with E-state index < -0.39 is 69.1 Å². The molecule has 3 aromatic rings. The molecule has 13 heteroatoms. The lowest BCUT2D eigenvalue weighted by Gasteiger charge is -2.39. The van der Waals surface area contributed by atoms with E-state index in [1.807, 2.05) is 18.9 Å². The number of nitrogens with one attached hydrogen (secondary N) is 1. The molecular weight excluding hydrogens is 545 g/mol. The average Bonchev–Trinajstić information content (AvgIpc) is 2.86. The summed E-state index contributed by atoms with van der Waals surface area (Å²) in [7, 11) is 1.87. The molecule has 1 aliphatic heterocycles. The van der Waals surface area contributed by atoms with Gasteiger partial charge in [-0.25, -0.2) is 17.6 Å². The summed E-state index contributed by atoms with van der Waals surface area (Å²) < 4.78 is 98.6. The van der Waals surface area contributed by atoms with Crippen molar-refractivity contribution in [3.8, 4) is 11.1 Å². The summed E-state index contributed by atoms with van der Waals surface area (Å²) in [5, 5.41) is 2.32. The molecule has 1 atom stereocenters. The van der Waals surface area contributed by atoms with Gasteiger partial charge >= 0.3 is 6.18 Å². The van der Waals surface area contributed by atoms with Gasteiger partial charge in [0.2, 0.25) is 0 Å². The van der Waals surface area contributed by atoms with Crippen LogP contribution in [0.5, 0.6) is 0 Å². The molecule has 1 heterocycles. The van der Waals surface area contributed by atoms with E-state index in [1.165, 1.54) is 0 Å². The Hall–Kier alpha value is -4.13. The van der Waals surface area contributed by atoms with Crippen LogP contribution in [0.2, 0.25) is 0 Å². The van der Waals surface area contributed by atoms with Crippen LogP contribution in [0.4, 0.5) is 42.1 Å². The number of alkyl halides is 3. The Morgan fingerprint density at radius 1 is 0.900 bits per heavy atom. The lowest BCUT2D eigenvalue weighted by atomic mass is 9.99. The number of nitrogens with zero attached hydrogens (tertiary/aromatic N) is 2. The minimum Gasteiger partial charge on any atom is -0.367 e. The Balaban J connectivity index is 1.87. The summed E-state index contributed by atoms with van der Waals surface area (Å²) in [4.78, 5) is 28.4. The number of rotatable bonds is 5. The molecule has 0 saturated carbocycles. The quantitative estimate of drug-likeness (QED) is 0.403. The number of hydrogen-bond donors (Lipinski definition) is 2. The molecule has 0 bridgehead atoms. The van der Waals surface area contributed by atoms with Gasteiger partial charge in [0.1, 0.15) is 23.3 Å². The topological polar surface area (TPSA) is 78.7 Å². The molecule has 0 aromatic heterocycles. The Bertz CT molecular complexity index is 1490. The first-order valence-corrected chi connectivity index (χ1v) is 11.9. The van der Waals surface area contributed by atoms with Gasteiger partial charge in [-0.1, -0.05) is 0 Å². The first-order valence-electron chi connectivity index (χ1n) is 11.9. The number of anilines is 2. The molecule has 1 fully saturated rings. The highest BCUT2D eigenvalue weighted by molar-refractivity contribution is 6.07. The SMILES string of the molecule is C[C@H]1CN(c2cc(F)c(-c3cc(C(N)=O)c(F)cc3F)cc2NC(=O)c2ccc(F)cc2C(F)(F)F)CCN1C. The second-order valence-electron chi connectivity index (χ2n) is 9.44. The largest absolute Gasteiger partial charge is 0.417 e. The summed E-state index contributed by atoms with van der Waals surface area (Å²) in [6.07, 6.45) is -5.07. The minimum atomic E-state index is -5.07.